The number of anilines is 2. The molecule has 2 fully saturated rings. The van der Waals surface area contributed by atoms with Gasteiger partial charge >= 0.3 is 12.2 Å². The van der Waals surface area contributed by atoms with E-state index in [4.69, 9.17) is 14.7 Å². The zero-order valence-corrected chi connectivity index (χ0v) is 26.3. The molecule has 4 aromatic heterocycles. The van der Waals surface area contributed by atoms with E-state index in [9.17, 15) is 19.8 Å². The normalized spacial score (nSPS) is 19.0. The zero-order chi connectivity index (χ0) is 32.0. The van der Waals surface area contributed by atoms with E-state index in [0.717, 1.165) is 11.2 Å². The predicted molar refractivity (Wildman–Crippen MR) is 167 cm³/mol. The number of ether oxygens (including phenoxy) is 1. The number of carbonyl (C=O) groups excluding carboxylic acids is 1. The highest BCUT2D eigenvalue weighted by molar-refractivity contribution is 5.88. The van der Waals surface area contributed by atoms with Crippen LogP contribution in [0, 0.1) is 5.92 Å². The number of rotatable bonds is 8. The molecule has 4 aromatic rings. The number of aliphatic hydroxyl groups excluding tert-OH is 1. The summed E-state index contributed by atoms with van der Waals surface area (Å²) in [6.07, 6.45) is 4.09. The molecule has 0 aromatic carbocycles. The van der Waals surface area contributed by atoms with Crippen molar-refractivity contribution >= 4 is 35.1 Å². The minimum Gasteiger partial charge on any atom is -0.465 e. The smallest absolute Gasteiger partial charge is 0.416 e. The van der Waals surface area contributed by atoms with Crippen molar-refractivity contribution in [2.75, 3.05) is 29.9 Å². The Morgan fingerprint density at radius 1 is 1.18 bits per heavy atom. The molecule has 6 rings (SSSR count). The van der Waals surface area contributed by atoms with Crippen molar-refractivity contribution < 1.29 is 24.5 Å². The lowest BCUT2D eigenvalue weighted by molar-refractivity contribution is 0.0294. The number of hydrogen-bond donors (Lipinski definition) is 3. The van der Waals surface area contributed by atoms with E-state index in [1.807, 2.05) is 40.8 Å². The van der Waals surface area contributed by atoms with Crippen LogP contribution in [0.15, 0.2) is 30.6 Å². The summed E-state index contributed by atoms with van der Waals surface area (Å²) >= 11 is 0. The number of aromatic nitrogens is 6. The van der Waals surface area contributed by atoms with Crippen LogP contribution in [0.2, 0.25) is 0 Å². The molecule has 0 radical (unpaired) electrons. The summed E-state index contributed by atoms with van der Waals surface area (Å²) in [5.41, 5.74) is 2.68. The molecule has 0 unspecified atom stereocenters. The first kappa shape index (κ1) is 30.6. The molecule has 1 aliphatic heterocycles. The summed E-state index contributed by atoms with van der Waals surface area (Å²) in [6, 6.07) is 5.85. The fraction of sp³-hybridized carbons (Fsp3) is 0.548. The van der Waals surface area contributed by atoms with Gasteiger partial charge in [-0.1, -0.05) is 13.8 Å². The number of fused-ring (bicyclic) bond motifs is 2. The zero-order valence-electron chi connectivity index (χ0n) is 26.3. The Morgan fingerprint density at radius 2 is 1.96 bits per heavy atom. The van der Waals surface area contributed by atoms with E-state index < -0.39 is 23.9 Å². The number of amides is 2. The number of carbonyl (C=O) groups is 2. The van der Waals surface area contributed by atoms with Crippen molar-refractivity contribution in [1.29, 1.82) is 0 Å². The molecule has 1 aliphatic carbocycles. The second kappa shape index (κ2) is 11.8. The third kappa shape index (κ3) is 6.65. The monoisotopic (exact) mass is 619 g/mol. The second-order valence-corrected chi connectivity index (χ2v) is 13.3. The fourth-order valence-electron chi connectivity index (χ4n) is 5.66. The summed E-state index contributed by atoms with van der Waals surface area (Å²) < 4.78 is 9.21. The molecule has 1 saturated heterocycles. The van der Waals surface area contributed by atoms with E-state index in [1.165, 1.54) is 28.2 Å². The molecule has 14 nitrogen and oxygen atoms in total. The lowest BCUT2D eigenvalue weighted by Crippen LogP contribution is -2.47. The van der Waals surface area contributed by atoms with Gasteiger partial charge in [0.15, 0.2) is 17.1 Å². The van der Waals surface area contributed by atoms with Gasteiger partial charge in [-0.3, -0.25) is 4.90 Å². The Bertz CT molecular complexity index is 1720. The second-order valence-electron chi connectivity index (χ2n) is 13.3. The average molecular weight is 620 g/mol. The van der Waals surface area contributed by atoms with Gasteiger partial charge in [0, 0.05) is 36.8 Å². The third-order valence-electron chi connectivity index (χ3n) is 8.28. The van der Waals surface area contributed by atoms with Crippen molar-refractivity contribution in [3.8, 4) is 0 Å². The summed E-state index contributed by atoms with van der Waals surface area (Å²) in [6.45, 7) is 10.3. The van der Waals surface area contributed by atoms with Crippen LogP contribution >= 0.6 is 0 Å². The number of β-amino-alcohol motifs (C(OH)–C–C–N with tert-alkyl or cyclic N) is 1. The van der Waals surface area contributed by atoms with E-state index in [2.05, 4.69) is 27.6 Å². The van der Waals surface area contributed by atoms with Gasteiger partial charge in [0.2, 0.25) is 0 Å². The molecule has 0 bridgehead atoms. The van der Waals surface area contributed by atoms with Crippen LogP contribution in [0.3, 0.4) is 0 Å². The van der Waals surface area contributed by atoms with Gasteiger partial charge in [-0.2, -0.15) is 9.61 Å². The van der Waals surface area contributed by atoms with Crippen molar-refractivity contribution in [2.24, 2.45) is 5.92 Å². The van der Waals surface area contributed by atoms with Crippen molar-refractivity contribution in [3.05, 3.63) is 47.5 Å². The summed E-state index contributed by atoms with van der Waals surface area (Å²) in [7, 11) is 0. The molecule has 14 heteroatoms. The van der Waals surface area contributed by atoms with E-state index in [-0.39, 0.29) is 24.9 Å². The summed E-state index contributed by atoms with van der Waals surface area (Å²) in [4.78, 5) is 37.5. The first-order chi connectivity index (χ1) is 21.4. The Balaban J connectivity index is 1.35. The predicted octanol–water partition coefficient (Wildman–Crippen LogP) is 4.49. The van der Waals surface area contributed by atoms with E-state index in [0.29, 0.717) is 48.5 Å². The minimum atomic E-state index is -1.04. The largest absolute Gasteiger partial charge is 0.465 e. The molecular formula is C31H41N9O5. The maximum absolute atomic E-state index is 13.8. The minimum absolute atomic E-state index is 0.0249. The van der Waals surface area contributed by atoms with Crippen molar-refractivity contribution in [2.45, 2.75) is 84.0 Å². The third-order valence-corrected chi connectivity index (χ3v) is 8.28. The van der Waals surface area contributed by atoms with Gasteiger partial charge in [-0.05, 0) is 69.6 Å². The number of hydrogen-bond acceptors (Lipinski definition) is 9. The Hall–Kier alpha value is -4.46. The van der Waals surface area contributed by atoms with Crippen LogP contribution in [-0.4, -0.2) is 87.8 Å². The molecule has 0 spiro atoms. The molecular weight excluding hydrogens is 578 g/mol. The molecule has 2 amide bonds. The molecule has 45 heavy (non-hydrogen) atoms. The molecule has 240 valence electrons. The number of carboxylic acid groups (broad SMARTS) is 1. The number of likely N-dealkylation sites (tertiary alicyclic amines) is 1. The average Bonchev–Trinajstić information content (AvgIpc) is 3.60. The van der Waals surface area contributed by atoms with Gasteiger partial charge in [-0.15, -0.1) is 5.10 Å². The quantitative estimate of drug-likeness (QED) is 0.256. The Kier molecular flexibility index (Phi) is 8.02. The van der Waals surface area contributed by atoms with Crippen LogP contribution in [0.25, 0.3) is 11.3 Å². The van der Waals surface area contributed by atoms with Gasteiger partial charge in [0.05, 0.1) is 25.4 Å². The summed E-state index contributed by atoms with van der Waals surface area (Å²) in [5.74, 6) is 1.85. The highest BCUT2D eigenvalue weighted by Gasteiger charge is 2.32. The van der Waals surface area contributed by atoms with Crippen LogP contribution in [-0.2, 0) is 11.3 Å². The molecule has 2 aliphatic rings. The standard InChI is InChI=1S/C31H41N9O5/c1-18(2)22-15-33-40-27(13-24(35-28(22)40)32-14-21-8-10-37(29(42)43)16-23(21)41)38(30(44)45-31(3,4)5)17-25-34-26-12-20(19-6-7-19)9-11-39(26)36-25/h9,11-13,15,18-19,21,23,41H,6-8,10,14,16-17H2,1-5H3,(H,32,35)(H,42,43)/t21-,23+/m1/s1. The van der Waals surface area contributed by atoms with E-state index >= 15 is 0 Å². The Morgan fingerprint density at radius 3 is 2.62 bits per heavy atom. The van der Waals surface area contributed by atoms with Gasteiger partial charge in [-0.25, -0.2) is 24.1 Å². The number of nitrogens with zero attached hydrogens (tertiary/aromatic N) is 8. The van der Waals surface area contributed by atoms with Crippen LogP contribution in [0.4, 0.5) is 21.2 Å². The van der Waals surface area contributed by atoms with Gasteiger partial charge < -0.3 is 25.2 Å². The highest BCUT2D eigenvalue weighted by Crippen LogP contribution is 2.40. The molecule has 3 N–H and O–H groups in total. The van der Waals surface area contributed by atoms with Crippen LogP contribution in [0.1, 0.15) is 82.7 Å². The SMILES string of the molecule is CC(C)c1cnn2c(N(Cc3nc4cc(C5CC5)ccn4n3)C(=O)OC(C)(C)C)cc(NC[C@H]3CCN(C(=O)O)C[C@@H]3O)nc12. The van der Waals surface area contributed by atoms with Crippen molar-refractivity contribution in [1.82, 2.24) is 34.1 Å². The number of nitrogens with one attached hydrogen (secondary N) is 1. The topological polar surface area (TPSA) is 163 Å². The summed E-state index contributed by atoms with van der Waals surface area (Å²) in [5, 5.41) is 32.6. The first-order valence-corrected chi connectivity index (χ1v) is 15.5. The number of piperidine rings is 1. The highest BCUT2D eigenvalue weighted by atomic mass is 16.6. The van der Waals surface area contributed by atoms with Crippen molar-refractivity contribution in [3.63, 3.8) is 0 Å². The van der Waals surface area contributed by atoms with Gasteiger partial charge in [0.25, 0.3) is 0 Å². The van der Waals surface area contributed by atoms with E-state index in [1.54, 1.807) is 21.3 Å². The first-order valence-electron chi connectivity index (χ1n) is 15.5. The number of aliphatic hydroxyl groups is 1. The number of pyridine rings is 1. The molecule has 5 heterocycles. The fourth-order valence-corrected chi connectivity index (χ4v) is 5.66. The maximum Gasteiger partial charge on any atom is 0.416 e. The Labute approximate surface area is 261 Å². The molecule has 1 saturated carbocycles. The van der Waals surface area contributed by atoms with Crippen LogP contribution < -0.4 is 10.2 Å². The maximum atomic E-state index is 13.8. The molecule has 2 atom stereocenters. The lowest BCUT2D eigenvalue weighted by atomic mass is 9.94. The van der Waals surface area contributed by atoms with Crippen LogP contribution in [0.5, 0.6) is 0 Å². The lowest BCUT2D eigenvalue weighted by Gasteiger charge is -2.34. The van der Waals surface area contributed by atoms with Gasteiger partial charge in [0.1, 0.15) is 17.2 Å².